The van der Waals surface area contributed by atoms with Gasteiger partial charge in [0.1, 0.15) is 5.82 Å². The summed E-state index contributed by atoms with van der Waals surface area (Å²) in [4.78, 5) is 4.47. The van der Waals surface area contributed by atoms with Gasteiger partial charge >= 0.3 is 0 Å². The second-order valence-corrected chi connectivity index (χ2v) is 4.85. The molecule has 2 unspecified atom stereocenters. The number of nitrogens with zero attached hydrogens (tertiary/aromatic N) is 2. The van der Waals surface area contributed by atoms with Crippen LogP contribution in [-0.4, -0.2) is 22.6 Å². The maximum absolute atomic E-state index is 4.47. The minimum Gasteiger partial charge on any atom is -0.335 e. The molecule has 0 amide bonds. The van der Waals surface area contributed by atoms with Gasteiger partial charge in [0, 0.05) is 31.4 Å². The molecule has 1 heterocycles. The molecule has 1 aliphatic carbocycles. The van der Waals surface area contributed by atoms with Crippen LogP contribution in [0.2, 0.25) is 0 Å². The third-order valence-corrected chi connectivity index (χ3v) is 3.80. The molecule has 2 atom stereocenters. The molecular formula is C13H23N3. The SMILES string of the molecule is CCn1ccnc1CC1CCCC(NC)C1. The summed E-state index contributed by atoms with van der Waals surface area (Å²) in [7, 11) is 2.08. The molecule has 0 saturated heterocycles. The van der Waals surface area contributed by atoms with Gasteiger partial charge in [0.2, 0.25) is 0 Å². The summed E-state index contributed by atoms with van der Waals surface area (Å²) in [6.45, 7) is 3.22. The van der Waals surface area contributed by atoms with Gasteiger partial charge < -0.3 is 9.88 Å². The maximum atomic E-state index is 4.47. The lowest BCUT2D eigenvalue weighted by Crippen LogP contribution is -2.32. The maximum Gasteiger partial charge on any atom is 0.108 e. The third-order valence-electron chi connectivity index (χ3n) is 3.80. The summed E-state index contributed by atoms with van der Waals surface area (Å²) >= 11 is 0. The Kier molecular flexibility index (Phi) is 3.99. The fourth-order valence-electron chi connectivity index (χ4n) is 2.81. The third kappa shape index (κ3) is 2.64. The number of hydrogen-bond donors (Lipinski definition) is 1. The lowest BCUT2D eigenvalue weighted by Gasteiger charge is -2.28. The van der Waals surface area contributed by atoms with Gasteiger partial charge in [0.15, 0.2) is 0 Å². The summed E-state index contributed by atoms with van der Waals surface area (Å²) in [6.07, 6.45) is 10.6. The van der Waals surface area contributed by atoms with Crippen LogP contribution in [-0.2, 0) is 13.0 Å². The Hall–Kier alpha value is -0.830. The topological polar surface area (TPSA) is 29.9 Å². The van der Waals surface area contributed by atoms with Crippen molar-refractivity contribution in [3.05, 3.63) is 18.2 Å². The van der Waals surface area contributed by atoms with Gasteiger partial charge in [0.05, 0.1) is 0 Å². The highest BCUT2D eigenvalue weighted by Gasteiger charge is 2.22. The van der Waals surface area contributed by atoms with Crippen molar-refractivity contribution in [2.45, 2.75) is 51.6 Å². The molecule has 0 bridgehead atoms. The zero-order valence-corrected chi connectivity index (χ0v) is 10.4. The Morgan fingerprint density at radius 2 is 2.38 bits per heavy atom. The van der Waals surface area contributed by atoms with Crippen LogP contribution >= 0.6 is 0 Å². The standard InChI is InChI=1S/C13H23N3/c1-3-16-8-7-15-13(16)10-11-5-4-6-12(9-11)14-2/h7-8,11-12,14H,3-6,9-10H2,1-2H3. The molecule has 1 aromatic heterocycles. The summed E-state index contributed by atoms with van der Waals surface area (Å²) in [5.41, 5.74) is 0. The van der Waals surface area contributed by atoms with Gasteiger partial charge in [0.25, 0.3) is 0 Å². The summed E-state index contributed by atoms with van der Waals surface area (Å²) in [5.74, 6) is 2.09. The van der Waals surface area contributed by atoms with E-state index in [-0.39, 0.29) is 0 Å². The summed E-state index contributed by atoms with van der Waals surface area (Å²) in [5, 5.41) is 3.41. The molecule has 3 nitrogen and oxygen atoms in total. The molecule has 1 fully saturated rings. The van der Waals surface area contributed by atoms with E-state index >= 15 is 0 Å². The first-order valence-electron chi connectivity index (χ1n) is 6.50. The Labute approximate surface area is 98.3 Å². The number of aromatic nitrogens is 2. The van der Waals surface area contributed by atoms with Crippen molar-refractivity contribution in [1.82, 2.24) is 14.9 Å². The Morgan fingerprint density at radius 1 is 1.50 bits per heavy atom. The zero-order valence-electron chi connectivity index (χ0n) is 10.4. The minimum atomic E-state index is 0.726. The normalized spacial score (nSPS) is 25.9. The van der Waals surface area contributed by atoms with Gasteiger partial charge in [-0.1, -0.05) is 6.42 Å². The van der Waals surface area contributed by atoms with Crippen LogP contribution in [0.5, 0.6) is 0 Å². The molecule has 1 aromatic rings. The van der Waals surface area contributed by atoms with Crippen LogP contribution in [0.25, 0.3) is 0 Å². The molecule has 0 radical (unpaired) electrons. The highest BCUT2D eigenvalue weighted by molar-refractivity contribution is 4.95. The molecular weight excluding hydrogens is 198 g/mol. The first-order chi connectivity index (χ1) is 7.83. The van der Waals surface area contributed by atoms with Crippen LogP contribution < -0.4 is 5.32 Å². The van der Waals surface area contributed by atoms with Gasteiger partial charge in [-0.15, -0.1) is 0 Å². The lowest BCUT2D eigenvalue weighted by atomic mass is 9.83. The van der Waals surface area contributed by atoms with Crippen LogP contribution in [0.15, 0.2) is 12.4 Å². The van der Waals surface area contributed by atoms with Crippen molar-refractivity contribution in [2.75, 3.05) is 7.05 Å². The Balaban J connectivity index is 1.93. The van der Waals surface area contributed by atoms with Gasteiger partial charge in [-0.25, -0.2) is 4.98 Å². The smallest absolute Gasteiger partial charge is 0.108 e. The number of nitrogens with one attached hydrogen (secondary N) is 1. The van der Waals surface area contributed by atoms with Crippen LogP contribution in [0.4, 0.5) is 0 Å². The average Bonchev–Trinajstić information content (AvgIpc) is 2.76. The molecule has 0 spiro atoms. The molecule has 0 aliphatic heterocycles. The fourth-order valence-corrected chi connectivity index (χ4v) is 2.81. The van der Waals surface area contributed by atoms with Gasteiger partial charge in [-0.3, -0.25) is 0 Å². The van der Waals surface area contributed by atoms with Crippen molar-refractivity contribution in [3.63, 3.8) is 0 Å². The van der Waals surface area contributed by atoms with E-state index in [4.69, 9.17) is 0 Å². The van der Waals surface area contributed by atoms with E-state index in [9.17, 15) is 0 Å². The molecule has 1 saturated carbocycles. The minimum absolute atomic E-state index is 0.726. The Morgan fingerprint density at radius 3 is 3.12 bits per heavy atom. The van der Waals surface area contributed by atoms with Crippen molar-refractivity contribution in [1.29, 1.82) is 0 Å². The molecule has 0 aromatic carbocycles. The molecule has 2 rings (SSSR count). The number of rotatable bonds is 4. The highest BCUT2D eigenvalue weighted by Crippen LogP contribution is 2.26. The van der Waals surface area contributed by atoms with Crippen LogP contribution in [0, 0.1) is 5.92 Å². The van der Waals surface area contributed by atoms with E-state index in [2.05, 4.69) is 35.0 Å². The van der Waals surface area contributed by atoms with E-state index in [1.807, 2.05) is 6.20 Å². The second-order valence-electron chi connectivity index (χ2n) is 4.85. The molecule has 16 heavy (non-hydrogen) atoms. The van der Waals surface area contributed by atoms with Crippen molar-refractivity contribution >= 4 is 0 Å². The van der Waals surface area contributed by atoms with Crippen molar-refractivity contribution < 1.29 is 0 Å². The van der Waals surface area contributed by atoms with E-state index in [0.29, 0.717) is 0 Å². The average molecular weight is 221 g/mol. The monoisotopic (exact) mass is 221 g/mol. The highest BCUT2D eigenvalue weighted by atomic mass is 15.1. The van der Waals surface area contributed by atoms with E-state index in [1.54, 1.807) is 0 Å². The van der Waals surface area contributed by atoms with Gasteiger partial charge in [-0.2, -0.15) is 0 Å². The predicted molar refractivity (Wildman–Crippen MR) is 66.4 cm³/mol. The quantitative estimate of drug-likeness (QED) is 0.845. The summed E-state index contributed by atoms with van der Waals surface area (Å²) in [6, 6.07) is 0.726. The van der Waals surface area contributed by atoms with Crippen molar-refractivity contribution in [3.8, 4) is 0 Å². The fraction of sp³-hybridized carbons (Fsp3) is 0.769. The number of imidazole rings is 1. The van der Waals surface area contributed by atoms with Crippen LogP contribution in [0.3, 0.4) is 0 Å². The predicted octanol–water partition coefficient (Wildman–Crippen LogP) is 2.22. The first kappa shape index (κ1) is 11.6. The van der Waals surface area contributed by atoms with E-state index in [1.165, 1.54) is 31.5 Å². The second kappa shape index (κ2) is 5.48. The molecule has 1 N–H and O–H groups in total. The number of hydrogen-bond acceptors (Lipinski definition) is 2. The molecule has 1 aliphatic rings. The number of aryl methyl sites for hydroxylation is 1. The molecule has 3 heteroatoms. The summed E-state index contributed by atoms with van der Waals surface area (Å²) < 4.78 is 2.27. The zero-order chi connectivity index (χ0) is 11.4. The van der Waals surface area contributed by atoms with Crippen molar-refractivity contribution in [2.24, 2.45) is 5.92 Å². The van der Waals surface area contributed by atoms with E-state index < -0.39 is 0 Å². The lowest BCUT2D eigenvalue weighted by molar-refractivity contribution is 0.289. The largest absolute Gasteiger partial charge is 0.335 e. The Bertz CT molecular complexity index is 319. The first-order valence-corrected chi connectivity index (χ1v) is 6.50. The van der Waals surface area contributed by atoms with Crippen LogP contribution in [0.1, 0.15) is 38.4 Å². The van der Waals surface area contributed by atoms with Gasteiger partial charge in [-0.05, 0) is 39.2 Å². The van der Waals surface area contributed by atoms with E-state index in [0.717, 1.165) is 24.9 Å². The molecule has 90 valence electrons.